The Kier molecular flexibility index (Phi) is 5.81. The number of rotatable bonds is 5. The first kappa shape index (κ1) is 16.8. The maximum atomic E-state index is 11.9. The van der Waals surface area contributed by atoms with E-state index in [1.165, 1.54) is 11.3 Å². The van der Waals surface area contributed by atoms with E-state index in [0.29, 0.717) is 20.6 Å². The third kappa shape index (κ3) is 4.21. The van der Waals surface area contributed by atoms with Crippen molar-refractivity contribution < 1.29 is 4.79 Å². The first-order valence-corrected chi connectivity index (χ1v) is 8.10. The first-order chi connectivity index (χ1) is 10.5. The second-order valence-corrected chi connectivity index (χ2v) is 6.35. The van der Waals surface area contributed by atoms with E-state index in [-0.39, 0.29) is 18.5 Å². The summed E-state index contributed by atoms with van der Waals surface area (Å²) in [6.07, 6.45) is 0. The molecular weight excluding hydrogens is 341 g/mol. The van der Waals surface area contributed by atoms with E-state index in [1.54, 1.807) is 23.6 Å². The van der Waals surface area contributed by atoms with Crippen LogP contribution in [0.1, 0.15) is 24.1 Å². The molecule has 0 saturated carbocycles. The van der Waals surface area contributed by atoms with Crippen molar-refractivity contribution in [3.05, 3.63) is 50.8 Å². The fourth-order valence-electron chi connectivity index (χ4n) is 1.87. The van der Waals surface area contributed by atoms with Crippen LogP contribution in [0.15, 0.2) is 29.6 Å². The van der Waals surface area contributed by atoms with E-state index in [0.717, 1.165) is 5.56 Å². The van der Waals surface area contributed by atoms with Crippen molar-refractivity contribution in [1.82, 2.24) is 5.32 Å². The van der Waals surface area contributed by atoms with Gasteiger partial charge in [0.2, 0.25) is 5.91 Å². The number of carbonyl (C=O) groups is 1. The molecule has 0 fully saturated rings. The van der Waals surface area contributed by atoms with Crippen LogP contribution >= 0.6 is 34.5 Å². The van der Waals surface area contributed by atoms with E-state index < -0.39 is 0 Å². The van der Waals surface area contributed by atoms with Crippen LogP contribution in [-0.4, -0.2) is 12.5 Å². The number of hydrogen-bond acceptors (Lipinski definition) is 4. The quantitative estimate of drug-likeness (QED) is 0.845. The molecular formula is C15H13Cl2N3OS. The Hall–Kier alpha value is -1.58. The predicted octanol–water partition coefficient (Wildman–Crippen LogP) is 4.22. The fourth-order valence-corrected chi connectivity index (χ4v) is 3.20. The van der Waals surface area contributed by atoms with Crippen molar-refractivity contribution in [1.29, 1.82) is 5.26 Å². The molecule has 4 nitrogen and oxygen atoms in total. The lowest BCUT2D eigenvalue weighted by Crippen LogP contribution is -2.30. The Labute approximate surface area is 142 Å². The number of nitrogens with one attached hydrogen (secondary N) is 2. The lowest BCUT2D eigenvalue weighted by Gasteiger charge is -2.15. The highest BCUT2D eigenvalue weighted by Gasteiger charge is 2.13. The number of carbonyl (C=O) groups excluding carboxylic acids is 1. The van der Waals surface area contributed by atoms with Crippen LogP contribution in [0.25, 0.3) is 0 Å². The van der Waals surface area contributed by atoms with Gasteiger partial charge in [0.15, 0.2) is 0 Å². The zero-order valence-electron chi connectivity index (χ0n) is 11.7. The Balaban J connectivity index is 1.92. The summed E-state index contributed by atoms with van der Waals surface area (Å²) in [6.45, 7) is 2.02. The Morgan fingerprint density at radius 2 is 2.18 bits per heavy atom. The highest BCUT2D eigenvalue weighted by molar-refractivity contribution is 7.14. The maximum absolute atomic E-state index is 11.9. The van der Waals surface area contributed by atoms with Gasteiger partial charge in [0.25, 0.3) is 0 Å². The van der Waals surface area contributed by atoms with Gasteiger partial charge in [-0.05, 0) is 36.1 Å². The predicted molar refractivity (Wildman–Crippen MR) is 90.5 cm³/mol. The van der Waals surface area contributed by atoms with Crippen LogP contribution < -0.4 is 10.6 Å². The number of thiophene rings is 1. The van der Waals surface area contributed by atoms with Crippen molar-refractivity contribution in [3.63, 3.8) is 0 Å². The molecule has 1 atom stereocenters. The molecule has 22 heavy (non-hydrogen) atoms. The molecule has 0 radical (unpaired) electrons. The molecule has 0 spiro atoms. The molecule has 2 N–H and O–H groups in total. The second-order valence-electron chi connectivity index (χ2n) is 4.59. The van der Waals surface area contributed by atoms with Crippen LogP contribution in [0.3, 0.4) is 0 Å². The number of halogens is 2. The van der Waals surface area contributed by atoms with Gasteiger partial charge in [0.1, 0.15) is 11.1 Å². The molecule has 0 unspecified atom stereocenters. The normalized spacial score (nSPS) is 11.7. The molecule has 114 valence electrons. The topological polar surface area (TPSA) is 64.9 Å². The van der Waals surface area contributed by atoms with Gasteiger partial charge in [-0.25, -0.2) is 0 Å². The van der Waals surface area contributed by atoms with E-state index in [1.807, 2.05) is 19.1 Å². The van der Waals surface area contributed by atoms with Crippen LogP contribution in [0.4, 0.5) is 5.00 Å². The van der Waals surface area contributed by atoms with Crippen LogP contribution in [0.2, 0.25) is 10.0 Å². The van der Waals surface area contributed by atoms with Crippen molar-refractivity contribution in [2.24, 2.45) is 0 Å². The third-order valence-corrected chi connectivity index (χ3v) is 4.43. The molecule has 2 rings (SSSR count). The third-order valence-electron chi connectivity index (χ3n) is 3.04. The number of nitrogens with zero attached hydrogens (tertiary/aromatic N) is 1. The number of nitriles is 1. The second kappa shape index (κ2) is 7.61. The minimum atomic E-state index is -0.212. The fraction of sp³-hybridized carbons (Fsp3) is 0.200. The molecule has 0 bridgehead atoms. The Morgan fingerprint density at radius 1 is 1.41 bits per heavy atom. The monoisotopic (exact) mass is 353 g/mol. The number of hydrogen-bond donors (Lipinski definition) is 2. The molecule has 0 aliphatic heterocycles. The molecule has 1 aromatic carbocycles. The summed E-state index contributed by atoms with van der Waals surface area (Å²) in [7, 11) is 0. The smallest absolute Gasteiger partial charge is 0.238 e. The number of amides is 1. The SMILES string of the molecule is C[C@H](NCC(=O)Nc1sccc1C#N)c1ccc(Cl)cc1Cl. The van der Waals surface area contributed by atoms with E-state index in [2.05, 4.69) is 10.6 Å². The minimum absolute atomic E-state index is 0.103. The lowest BCUT2D eigenvalue weighted by molar-refractivity contribution is -0.115. The summed E-state index contributed by atoms with van der Waals surface area (Å²) in [4.78, 5) is 11.9. The van der Waals surface area contributed by atoms with E-state index in [9.17, 15) is 4.79 Å². The van der Waals surface area contributed by atoms with Gasteiger partial charge in [0.05, 0.1) is 12.1 Å². The summed E-state index contributed by atoms with van der Waals surface area (Å²) in [5.74, 6) is -0.212. The van der Waals surface area contributed by atoms with Crippen molar-refractivity contribution >= 4 is 45.4 Å². The summed E-state index contributed by atoms with van der Waals surface area (Å²) in [5.41, 5.74) is 1.33. The summed E-state index contributed by atoms with van der Waals surface area (Å²) in [5, 5.41) is 18.2. The lowest BCUT2D eigenvalue weighted by atomic mass is 10.1. The molecule has 1 amide bonds. The van der Waals surface area contributed by atoms with Crippen LogP contribution in [0.5, 0.6) is 0 Å². The summed E-state index contributed by atoms with van der Waals surface area (Å²) < 4.78 is 0. The van der Waals surface area contributed by atoms with Gasteiger partial charge in [-0.1, -0.05) is 29.3 Å². The van der Waals surface area contributed by atoms with E-state index in [4.69, 9.17) is 28.5 Å². The van der Waals surface area contributed by atoms with Gasteiger partial charge in [-0.3, -0.25) is 4.79 Å². The minimum Gasteiger partial charge on any atom is -0.315 e. The molecule has 7 heteroatoms. The zero-order valence-corrected chi connectivity index (χ0v) is 14.0. The van der Waals surface area contributed by atoms with Gasteiger partial charge in [0, 0.05) is 16.1 Å². The van der Waals surface area contributed by atoms with Crippen molar-refractivity contribution in [2.75, 3.05) is 11.9 Å². The van der Waals surface area contributed by atoms with Gasteiger partial charge >= 0.3 is 0 Å². The highest BCUT2D eigenvalue weighted by atomic mass is 35.5. The molecule has 2 aromatic rings. The maximum Gasteiger partial charge on any atom is 0.238 e. The first-order valence-electron chi connectivity index (χ1n) is 6.47. The van der Waals surface area contributed by atoms with Crippen molar-refractivity contribution in [3.8, 4) is 6.07 Å². The molecule has 0 aliphatic carbocycles. The molecule has 1 heterocycles. The molecule has 0 aliphatic rings. The average molecular weight is 354 g/mol. The van der Waals surface area contributed by atoms with Gasteiger partial charge in [-0.2, -0.15) is 5.26 Å². The van der Waals surface area contributed by atoms with Crippen molar-refractivity contribution in [2.45, 2.75) is 13.0 Å². The number of anilines is 1. The molecule has 0 saturated heterocycles. The van der Waals surface area contributed by atoms with Gasteiger partial charge in [-0.15, -0.1) is 11.3 Å². The number of benzene rings is 1. The summed E-state index contributed by atoms with van der Waals surface area (Å²) in [6, 6.07) is 8.85. The standard InChI is InChI=1S/C15H13Cl2N3OS/c1-9(12-3-2-11(16)6-13(12)17)19-8-14(21)20-15-10(7-18)4-5-22-15/h2-6,9,19H,8H2,1H3,(H,20,21)/t9-/m0/s1. The zero-order chi connectivity index (χ0) is 16.1. The van der Waals surface area contributed by atoms with Crippen LogP contribution in [0, 0.1) is 11.3 Å². The largest absolute Gasteiger partial charge is 0.315 e. The van der Waals surface area contributed by atoms with Gasteiger partial charge < -0.3 is 10.6 Å². The highest BCUT2D eigenvalue weighted by Crippen LogP contribution is 2.26. The van der Waals surface area contributed by atoms with E-state index >= 15 is 0 Å². The average Bonchev–Trinajstić information content (AvgIpc) is 2.92. The Bertz CT molecular complexity index is 724. The Morgan fingerprint density at radius 3 is 2.86 bits per heavy atom. The van der Waals surface area contributed by atoms with Crippen LogP contribution in [-0.2, 0) is 4.79 Å². The molecule has 1 aromatic heterocycles. The summed E-state index contributed by atoms with van der Waals surface area (Å²) >= 11 is 13.3.